The minimum atomic E-state index is 0.513. The molecule has 2 aliphatic heterocycles. The van der Waals surface area contributed by atoms with Crippen LogP contribution in [0.5, 0.6) is 0 Å². The Hall–Kier alpha value is -1.94. The van der Waals surface area contributed by atoms with Gasteiger partial charge in [-0.05, 0) is 61.4 Å². The van der Waals surface area contributed by atoms with Crippen LogP contribution in [0.2, 0.25) is 0 Å². The van der Waals surface area contributed by atoms with Crippen LogP contribution in [-0.2, 0) is 6.54 Å². The van der Waals surface area contributed by atoms with Gasteiger partial charge in [-0.1, -0.05) is 6.07 Å². The van der Waals surface area contributed by atoms with Crippen LogP contribution in [0.25, 0.3) is 0 Å². The van der Waals surface area contributed by atoms with Crippen molar-refractivity contribution in [2.75, 3.05) is 31.1 Å². The lowest BCUT2D eigenvalue weighted by Crippen LogP contribution is -2.49. The number of piperidine rings is 2. The Morgan fingerprint density at radius 2 is 1.71 bits per heavy atom. The van der Waals surface area contributed by atoms with Crippen LogP contribution in [0.1, 0.15) is 31.2 Å². The van der Waals surface area contributed by atoms with Crippen LogP contribution in [0, 0.1) is 5.41 Å². The summed E-state index contributed by atoms with van der Waals surface area (Å²) in [5.74, 6) is 0. The molecule has 24 heavy (non-hydrogen) atoms. The fourth-order valence-corrected chi connectivity index (χ4v) is 4.38. The van der Waals surface area contributed by atoms with Gasteiger partial charge in [0.25, 0.3) is 0 Å². The largest absolute Gasteiger partial charge is 0.370 e. The number of hydrogen-bond donors (Lipinski definition) is 0. The van der Waals surface area contributed by atoms with Crippen molar-refractivity contribution >= 4 is 5.69 Å². The topological polar surface area (TPSA) is 32.3 Å². The molecule has 2 aliphatic rings. The highest BCUT2D eigenvalue weighted by Crippen LogP contribution is 2.41. The summed E-state index contributed by atoms with van der Waals surface area (Å²) < 4.78 is 0. The monoisotopic (exact) mass is 322 g/mol. The molecule has 4 nitrogen and oxygen atoms in total. The Labute approximate surface area is 144 Å². The summed E-state index contributed by atoms with van der Waals surface area (Å²) in [5, 5.41) is 0. The molecule has 0 aromatic carbocycles. The minimum absolute atomic E-state index is 0.513. The Morgan fingerprint density at radius 3 is 2.42 bits per heavy atom. The quantitative estimate of drug-likeness (QED) is 0.867. The van der Waals surface area contributed by atoms with Crippen molar-refractivity contribution in [3.05, 3.63) is 54.6 Å². The van der Waals surface area contributed by atoms with Crippen LogP contribution < -0.4 is 4.90 Å². The summed E-state index contributed by atoms with van der Waals surface area (Å²) in [6.07, 6.45) is 13.0. The van der Waals surface area contributed by atoms with E-state index in [9.17, 15) is 0 Å². The van der Waals surface area contributed by atoms with Crippen LogP contribution >= 0.6 is 0 Å². The molecular weight excluding hydrogens is 296 g/mol. The summed E-state index contributed by atoms with van der Waals surface area (Å²) >= 11 is 0. The first-order valence-electron chi connectivity index (χ1n) is 9.09. The fraction of sp³-hybridized carbons (Fsp3) is 0.500. The van der Waals surface area contributed by atoms with E-state index in [0.717, 1.165) is 19.6 Å². The number of anilines is 1. The van der Waals surface area contributed by atoms with Gasteiger partial charge in [0.05, 0.1) is 11.9 Å². The zero-order valence-electron chi connectivity index (χ0n) is 14.3. The smallest absolute Gasteiger partial charge is 0.0552 e. The number of rotatable bonds is 3. The molecule has 0 N–H and O–H groups in total. The lowest BCUT2D eigenvalue weighted by Gasteiger charge is -2.48. The van der Waals surface area contributed by atoms with Crippen LogP contribution in [-0.4, -0.2) is 41.0 Å². The van der Waals surface area contributed by atoms with Crippen molar-refractivity contribution in [3.63, 3.8) is 0 Å². The average molecular weight is 322 g/mol. The highest BCUT2D eigenvalue weighted by Gasteiger charge is 2.38. The van der Waals surface area contributed by atoms with E-state index in [1.807, 2.05) is 36.9 Å². The molecule has 4 heteroatoms. The number of hydrogen-bond acceptors (Lipinski definition) is 4. The van der Waals surface area contributed by atoms with E-state index in [2.05, 4.69) is 31.9 Å². The summed E-state index contributed by atoms with van der Waals surface area (Å²) in [7, 11) is 0. The summed E-state index contributed by atoms with van der Waals surface area (Å²) in [6.45, 7) is 5.83. The molecule has 0 bridgehead atoms. The van der Waals surface area contributed by atoms with Gasteiger partial charge in [0.1, 0.15) is 0 Å². The average Bonchev–Trinajstić information content (AvgIpc) is 2.64. The molecule has 2 aromatic rings. The number of pyridine rings is 2. The fourth-order valence-electron chi connectivity index (χ4n) is 4.38. The first-order valence-corrected chi connectivity index (χ1v) is 9.09. The van der Waals surface area contributed by atoms with Crippen molar-refractivity contribution in [2.24, 2.45) is 5.41 Å². The second-order valence-corrected chi connectivity index (χ2v) is 7.37. The molecule has 126 valence electrons. The summed E-state index contributed by atoms with van der Waals surface area (Å²) in [5.41, 5.74) is 3.12. The van der Waals surface area contributed by atoms with Crippen molar-refractivity contribution in [1.82, 2.24) is 14.9 Å². The molecule has 0 saturated carbocycles. The minimum Gasteiger partial charge on any atom is -0.370 e. The molecule has 0 aliphatic carbocycles. The van der Waals surface area contributed by atoms with Gasteiger partial charge in [-0.2, -0.15) is 0 Å². The summed E-state index contributed by atoms with van der Waals surface area (Å²) in [4.78, 5) is 13.7. The maximum atomic E-state index is 4.27. The molecule has 0 atom stereocenters. The van der Waals surface area contributed by atoms with Crippen molar-refractivity contribution < 1.29 is 0 Å². The zero-order valence-corrected chi connectivity index (χ0v) is 14.3. The maximum Gasteiger partial charge on any atom is 0.0552 e. The standard InChI is InChI=1S/C20H26N4/c1-4-18(14-21-9-1)16-23-11-3-6-20(17-23)7-12-24(13-8-20)19-5-2-10-22-15-19/h1-2,4-5,9-10,14-15H,3,6-8,11-13,16-17H2. The van der Waals surface area contributed by atoms with Gasteiger partial charge in [-0.25, -0.2) is 0 Å². The first kappa shape index (κ1) is 15.6. The molecule has 4 heterocycles. The van der Waals surface area contributed by atoms with Gasteiger partial charge in [0.2, 0.25) is 0 Å². The number of aromatic nitrogens is 2. The second-order valence-electron chi connectivity index (χ2n) is 7.37. The third kappa shape index (κ3) is 3.44. The van der Waals surface area contributed by atoms with Gasteiger partial charge in [-0.15, -0.1) is 0 Å². The van der Waals surface area contributed by atoms with E-state index in [-0.39, 0.29) is 0 Å². The van der Waals surface area contributed by atoms with Crippen LogP contribution in [0.15, 0.2) is 49.1 Å². The molecule has 4 rings (SSSR count). The third-order valence-electron chi connectivity index (χ3n) is 5.70. The van der Waals surface area contributed by atoms with Gasteiger partial charge >= 0.3 is 0 Å². The second kappa shape index (κ2) is 6.89. The SMILES string of the molecule is c1cncc(CN2CCCC3(CCN(c4cccnc4)CC3)C2)c1. The molecule has 1 spiro atoms. The van der Waals surface area contributed by atoms with E-state index < -0.39 is 0 Å². The lowest BCUT2D eigenvalue weighted by atomic mass is 9.72. The Kier molecular flexibility index (Phi) is 4.48. The van der Waals surface area contributed by atoms with Gasteiger partial charge in [0.15, 0.2) is 0 Å². The molecule has 0 amide bonds. The van der Waals surface area contributed by atoms with Gasteiger partial charge < -0.3 is 4.90 Å². The third-order valence-corrected chi connectivity index (χ3v) is 5.70. The van der Waals surface area contributed by atoms with Crippen molar-refractivity contribution in [1.29, 1.82) is 0 Å². The molecule has 0 unspecified atom stereocenters. The zero-order chi connectivity index (χ0) is 16.2. The Balaban J connectivity index is 1.38. The maximum absolute atomic E-state index is 4.27. The molecular formula is C20H26N4. The summed E-state index contributed by atoms with van der Waals surface area (Å²) in [6, 6.07) is 8.46. The van der Waals surface area contributed by atoms with Crippen molar-refractivity contribution in [2.45, 2.75) is 32.2 Å². The van der Waals surface area contributed by atoms with E-state index >= 15 is 0 Å². The van der Waals surface area contributed by atoms with Crippen LogP contribution in [0.3, 0.4) is 0 Å². The van der Waals surface area contributed by atoms with E-state index in [1.54, 1.807) is 0 Å². The van der Waals surface area contributed by atoms with E-state index in [0.29, 0.717) is 5.41 Å². The highest BCUT2D eigenvalue weighted by atomic mass is 15.2. The predicted octanol–water partition coefficient (Wildman–Crippen LogP) is 3.36. The molecule has 2 aromatic heterocycles. The number of likely N-dealkylation sites (tertiary alicyclic amines) is 1. The lowest BCUT2D eigenvalue weighted by molar-refractivity contribution is 0.0605. The van der Waals surface area contributed by atoms with Crippen LogP contribution in [0.4, 0.5) is 5.69 Å². The predicted molar refractivity (Wildman–Crippen MR) is 96.9 cm³/mol. The van der Waals surface area contributed by atoms with Gasteiger partial charge in [0, 0.05) is 44.8 Å². The highest BCUT2D eigenvalue weighted by molar-refractivity contribution is 5.44. The molecule has 2 fully saturated rings. The normalized spacial score (nSPS) is 21.1. The molecule has 2 saturated heterocycles. The van der Waals surface area contributed by atoms with Crippen molar-refractivity contribution in [3.8, 4) is 0 Å². The number of nitrogens with zero attached hydrogens (tertiary/aromatic N) is 4. The van der Waals surface area contributed by atoms with E-state index in [4.69, 9.17) is 0 Å². The first-order chi connectivity index (χ1) is 11.8. The Morgan fingerprint density at radius 1 is 0.917 bits per heavy atom. The Bertz CT molecular complexity index is 635. The van der Waals surface area contributed by atoms with Gasteiger partial charge in [-0.3, -0.25) is 14.9 Å². The molecule has 0 radical (unpaired) electrons. The van der Waals surface area contributed by atoms with E-state index in [1.165, 1.54) is 50.0 Å².